The number of nitrogens with one attached hydrogen (secondary N) is 1. The zero-order chi connectivity index (χ0) is 16.3. The lowest BCUT2D eigenvalue weighted by Crippen LogP contribution is -2.16. The normalized spacial score (nSPS) is 11.0. The number of methoxy groups -OCH3 is 1. The molecular weight excluding hydrogens is 304 g/mol. The molecule has 0 radical (unpaired) electrons. The molecule has 0 aliphatic rings. The van der Waals surface area contributed by atoms with Crippen molar-refractivity contribution in [2.45, 2.75) is 11.8 Å². The van der Waals surface area contributed by atoms with Crippen LogP contribution in [0.3, 0.4) is 0 Å². The summed E-state index contributed by atoms with van der Waals surface area (Å²) in [5.41, 5.74) is 1.69. The Labute approximate surface area is 129 Å². The number of carbonyl (C=O) groups excluding carboxylic acids is 1. The molecule has 0 aromatic heterocycles. The number of rotatable bonds is 4. The lowest BCUT2D eigenvalue weighted by Gasteiger charge is -2.11. The van der Waals surface area contributed by atoms with Gasteiger partial charge in [0, 0.05) is 5.69 Å². The van der Waals surface area contributed by atoms with Crippen molar-refractivity contribution in [3.05, 3.63) is 53.6 Å². The Morgan fingerprint density at radius 1 is 1.18 bits per heavy atom. The third-order valence-corrected chi connectivity index (χ3v) is 3.93. The minimum absolute atomic E-state index is 0.0931. The maximum Gasteiger partial charge on any atom is 0.259 e. The number of hydrogen-bond acceptors (Lipinski definition) is 4. The molecule has 0 saturated carbocycles. The lowest BCUT2D eigenvalue weighted by molar-refractivity contribution is 0.102. The molecule has 0 atom stereocenters. The predicted octanol–water partition coefficient (Wildman–Crippen LogP) is 1.90. The van der Waals surface area contributed by atoms with Crippen LogP contribution in [0, 0.1) is 6.92 Å². The zero-order valence-corrected chi connectivity index (χ0v) is 13.0. The summed E-state index contributed by atoms with van der Waals surface area (Å²) in [6.07, 6.45) is 0. The van der Waals surface area contributed by atoms with Crippen LogP contribution in [0.25, 0.3) is 0 Å². The van der Waals surface area contributed by atoms with E-state index in [2.05, 4.69) is 5.32 Å². The number of primary sulfonamides is 1. The first-order valence-electron chi connectivity index (χ1n) is 6.40. The van der Waals surface area contributed by atoms with E-state index in [1.807, 2.05) is 19.1 Å². The van der Waals surface area contributed by atoms with Gasteiger partial charge in [-0.3, -0.25) is 4.79 Å². The van der Waals surface area contributed by atoms with Gasteiger partial charge in [0.1, 0.15) is 5.75 Å². The molecule has 1 amide bonds. The number of nitrogens with two attached hydrogens (primary N) is 1. The van der Waals surface area contributed by atoms with Gasteiger partial charge in [0.2, 0.25) is 10.0 Å². The maximum atomic E-state index is 12.4. The van der Waals surface area contributed by atoms with E-state index in [0.717, 1.165) is 5.56 Å². The van der Waals surface area contributed by atoms with Crippen molar-refractivity contribution in [1.82, 2.24) is 0 Å². The minimum Gasteiger partial charge on any atom is -0.496 e. The van der Waals surface area contributed by atoms with E-state index in [9.17, 15) is 13.2 Å². The molecule has 3 N–H and O–H groups in total. The molecule has 0 aliphatic carbocycles. The van der Waals surface area contributed by atoms with Gasteiger partial charge in [-0.1, -0.05) is 12.1 Å². The molecule has 116 valence electrons. The maximum absolute atomic E-state index is 12.4. The van der Waals surface area contributed by atoms with Crippen LogP contribution in [0.4, 0.5) is 5.69 Å². The van der Waals surface area contributed by atoms with E-state index < -0.39 is 15.9 Å². The van der Waals surface area contributed by atoms with Gasteiger partial charge in [0.05, 0.1) is 17.6 Å². The summed E-state index contributed by atoms with van der Waals surface area (Å²) in [4.78, 5) is 12.2. The summed E-state index contributed by atoms with van der Waals surface area (Å²) in [6.45, 7) is 1.90. The summed E-state index contributed by atoms with van der Waals surface area (Å²) < 4.78 is 27.9. The largest absolute Gasteiger partial charge is 0.496 e. The molecule has 7 heteroatoms. The third-order valence-electron chi connectivity index (χ3n) is 3.02. The molecule has 0 saturated heterocycles. The van der Waals surface area contributed by atoms with Crippen LogP contribution < -0.4 is 15.2 Å². The third kappa shape index (κ3) is 3.63. The highest BCUT2D eigenvalue weighted by Crippen LogP contribution is 2.23. The fourth-order valence-electron chi connectivity index (χ4n) is 1.96. The number of ether oxygens (including phenoxy) is 1. The van der Waals surface area contributed by atoms with Crippen LogP contribution >= 0.6 is 0 Å². The number of hydrogen-bond donors (Lipinski definition) is 2. The van der Waals surface area contributed by atoms with Gasteiger partial charge in [-0.25, -0.2) is 13.6 Å². The van der Waals surface area contributed by atoms with Crippen molar-refractivity contribution in [2.75, 3.05) is 12.4 Å². The van der Waals surface area contributed by atoms with Crippen molar-refractivity contribution in [3.8, 4) is 5.75 Å². The number of carbonyl (C=O) groups is 1. The van der Waals surface area contributed by atoms with Gasteiger partial charge in [0.25, 0.3) is 5.91 Å². The van der Waals surface area contributed by atoms with Crippen molar-refractivity contribution in [2.24, 2.45) is 5.14 Å². The second-order valence-electron chi connectivity index (χ2n) is 4.73. The number of aryl methyl sites for hydroxylation is 1. The first kappa shape index (κ1) is 16.0. The SMILES string of the molecule is COc1ccc(S(N)(=O)=O)cc1C(=O)Nc1cccc(C)c1. The Bertz CT molecular complexity index is 816. The van der Waals surface area contributed by atoms with Crippen LogP contribution in [0.5, 0.6) is 5.75 Å². The van der Waals surface area contributed by atoms with Gasteiger partial charge in [0.15, 0.2) is 0 Å². The summed E-state index contributed by atoms with van der Waals surface area (Å²) in [5, 5.41) is 7.79. The molecule has 0 bridgehead atoms. The Morgan fingerprint density at radius 2 is 1.91 bits per heavy atom. The topological polar surface area (TPSA) is 98.5 Å². The van der Waals surface area contributed by atoms with Crippen LogP contribution in [-0.4, -0.2) is 21.4 Å². The number of anilines is 1. The van der Waals surface area contributed by atoms with Crippen molar-refractivity contribution >= 4 is 21.6 Å². The summed E-state index contributed by atoms with van der Waals surface area (Å²) in [6, 6.07) is 11.1. The van der Waals surface area contributed by atoms with E-state index in [0.29, 0.717) is 5.69 Å². The Hall–Kier alpha value is -2.38. The number of sulfonamides is 1. The van der Waals surface area contributed by atoms with Crippen LogP contribution in [0.1, 0.15) is 15.9 Å². The molecule has 2 aromatic carbocycles. The second kappa shape index (κ2) is 6.17. The van der Waals surface area contributed by atoms with Crippen LogP contribution in [0.2, 0.25) is 0 Å². The summed E-state index contributed by atoms with van der Waals surface area (Å²) in [5.74, 6) is -0.217. The molecule has 6 nitrogen and oxygen atoms in total. The molecule has 0 heterocycles. The molecule has 0 unspecified atom stereocenters. The summed E-state index contributed by atoms with van der Waals surface area (Å²) in [7, 11) is -2.50. The predicted molar refractivity (Wildman–Crippen MR) is 83.5 cm³/mol. The standard InChI is InChI=1S/C15H16N2O4S/c1-10-4-3-5-11(8-10)17-15(18)13-9-12(22(16,19)20)6-7-14(13)21-2/h3-9H,1-2H3,(H,17,18)(H2,16,19,20). The Balaban J connectivity index is 2.39. The first-order chi connectivity index (χ1) is 10.3. The molecule has 0 spiro atoms. The minimum atomic E-state index is -3.90. The molecule has 22 heavy (non-hydrogen) atoms. The van der Waals surface area contributed by atoms with Gasteiger partial charge in [-0.2, -0.15) is 0 Å². The van der Waals surface area contributed by atoms with E-state index in [4.69, 9.17) is 9.88 Å². The highest BCUT2D eigenvalue weighted by molar-refractivity contribution is 7.89. The van der Waals surface area contributed by atoms with E-state index in [1.54, 1.807) is 12.1 Å². The monoisotopic (exact) mass is 320 g/mol. The highest BCUT2D eigenvalue weighted by Gasteiger charge is 2.17. The van der Waals surface area contributed by atoms with Gasteiger partial charge < -0.3 is 10.1 Å². The number of benzene rings is 2. The van der Waals surface area contributed by atoms with Crippen molar-refractivity contribution in [1.29, 1.82) is 0 Å². The molecule has 2 aromatic rings. The first-order valence-corrected chi connectivity index (χ1v) is 7.95. The van der Waals surface area contributed by atoms with Gasteiger partial charge in [-0.15, -0.1) is 0 Å². The van der Waals surface area contributed by atoms with Gasteiger partial charge in [-0.05, 0) is 42.8 Å². The van der Waals surface area contributed by atoms with Crippen molar-refractivity contribution in [3.63, 3.8) is 0 Å². The smallest absolute Gasteiger partial charge is 0.259 e. The molecule has 0 aliphatic heterocycles. The summed E-state index contributed by atoms with van der Waals surface area (Å²) >= 11 is 0. The zero-order valence-electron chi connectivity index (χ0n) is 12.2. The van der Waals surface area contributed by atoms with Gasteiger partial charge >= 0.3 is 0 Å². The van der Waals surface area contributed by atoms with Crippen LogP contribution in [0.15, 0.2) is 47.4 Å². The lowest BCUT2D eigenvalue weighted by atomic mass is 10.1. The van der Waals surface area contributed by atoms with E-state index >= 15 is 0 Å². The average molecular weight is 320 g/mol. The number of amides is 1. The molecule has 2 rings (SSSR count). The second-order valence-corrected chi connectivity index (χ2v) is 6.29. The highest BCUT2D eigenvalue weighted by atomic mass is 32.2. The fraction of sp³-hybridized carbons (Fsp3) is 0.133. The quantitative estimate of drug-likeness (QED) is 0.899. The average Bonchev–Trinajstić information content (AvgIpc) is 2.45. The van der Waals surface area contributed by atoms with Crippen molar-refractivity contribution < 1.29 is 17.9 Å². The Kier molecular flexibility index (Phi) is 4.48. The molecule has 0 fully saturated rings. The van der Waals surface area contributed by atoms with E-state index in [1.165, 1.54) is 25.3 Å². The van der Waals surface area contributed by atoms with E-state index in [-0.39, 0.29) is 16.2 Å². The molecular formula is C15H16N2O4S. The fourth-order valence-corrected chi connectivity index (χ4v) is 2.50. The Morgan fingerprint density at radius 3 is 2.50 bits per heavy atom. The van der Waals surface area contributed by atoms with Crippen LogP contribution in [-0.2, 0) is 10.0 Å².